The Balaban J connectivity index is 1.71. The summed E-state index contributed by atoms with van der Waals surface area (Å²) in [4.78, 5) is 30.6. The van der Waals surface area contributed by atoms with Gasteiger partial charge in [0.2, 0.25) is 0 Å². The van der Waals surface area contributed by atoms with Gasteiger partial charge in [0.25, 0.3) is 11.7 Å². The molecule has 2 heterocycles. The van der Waals surface area contributed by atoms with E-state index in [9.17, 15) is 14.7 Å². The zero-order chi connectivity index (χ0) is 26.7. The number of Topliss-reactive ketones (excluding diaryl/α,β-unsaturated/α-hetero) is 1. The second-order valence-electron chi connectivity index (χ2n) is 10.9. The second-order valence-corrected chi connectivity index (χ2v) is 10.9. The number of aliphatic hydroxyl groups is 1. The summed E-state index contributed by atoms with van der Waals surface area (Å²) in [6, 6.07) is 12.6. The lowest BCUT2D eigenvalue weighted by Crippen LogP contribution is -2.39. The molecule has 2 aromatic carbocycles. The zero-order valence-electron chi connectivity index (χ0n) is 22.5. The van der Waals surface area contributed by atoms with Gasteiger partial charge in [-0.25, -0.2) is 0 Å². The van der Waals surface area contributed by atoms with E-state index in [0.29, 0.717) is 31.1 Å². The first-order valence-electron chi connectivity index (χ1n) is 13.0. The number of likely N-dealkylation sites (tertiary alicyclic amines) is 1. The van der Waals surface area contributed by atoms with Crippen LogP contribution < -0.4 is 4.74 Å². The largest absolute Gasteiger partial charge is 0.507 e. The molecule has 1 atom stereocenters. The Morgan fingerprint density at radius 3 is 2.32 bits per heavy atom. The molecule has 0 aliphatic carbocycles. The van der Waals surface area contributed by atoms with Gasteiger partial charge in [0.1, 0.15) is 11.5 Å². The Labute approximate surface area is 219 Å². The number of methoxy groups -OCH3 is 1. The van der Waals surface area contributed by atoms with Crippen molar-refractivity contribution in [1.29, 1.82) is 0 Å². The van der Waals surface area contributed by atoms with Gasteiger partial charge in [-0.2, -0.15) is 0 Å². The molecule has 0 bridgehead atoms. The molecule has 0 unspecified atom stereocenters. The van der Waals surface area contributed by atoms with Crippen LogP contribution in [0.1, 0.15) is 55.5 Å². The van der Waals surface area contributed by atoms with Gasteiger partial charge in [-0.3, -0.25) is 14.5 Å². The number of aliphatic hydroxyl groups excluding tert-OH is 1. The van der Waals surface area contributed by atoms with Crippen LogP contribution >= 0.6 is 0 Å². The molecule has 0 saturated carbocycles. The molecule has 2 aliphatic rings. The Morgan fingerprint density at radius 2 is 1.73 bits per heavy atom. The summed E-state index contributed by atoms with van der Waals surface area (Å²) in [5.74, 6) is -0.694. The number of hydrogen-bond acceptors (Lipinski definition) is 6. The normalized spacial score (nSPS) is 20.5. The maximum Gasteiger partial charge on any atom is 0.295 e. The van der Waals surface area contributed by atoms with E-state index in [4.69, 9.17) is 9.47 Å². The third kappa shape index (κ3) is 5.73. The number of amides is 1. The summed E-state index contributed by atoms with van der Waals surface area (Å²) in [6.07, 6.45) is 0.727. The van der Waals surface area contributed by atoms with Crippen molar-refractivity contribution in [2.24, 2.45) is 0 Å². The quantitative estimate of drug-likeness (QED) is 0.340. The van der Waals surface area contributed by atoms with Crippen molar-refractivity contribution in [2.75, 3.05) is 46.5 Å². The molecule has 0 aromatic heterocycles. The first kappa shape index (κ1) is 26.9. The fourth-order valence-corrected chi connectivity index (χ4v) is 5.09. The summed E-state index contributed by atoms with van der Waals surface area (Å²) in [5, 5.41) is 11.4. The molecule has 1 amide bonds. The van der Waals surface area contributed by atoms with Gasteiger partial charge < -0.3 is 19.5 Å². The van der Waals surface area contributed by atoms with Gasteiger partial charge >= 0.3 is 0 Å². The summed E-state index contributed by atoms with van der Waals surface area (Å²) >= 11 is 0. The van der Waals surface area contributed by atoms with E-state index in [1.807, 2.05) is 31.2 Å². The van der Waals surface area contributed by atoms with E-state index < -0.39 is 17.7 Å². The molecule has 2 aromatic rings. The van der Waals surface area contributed by atoms with Gasteiger partial charge in [0.15, 0.2) is 0 Å². The number of carbonyl (C=O) groups excluding carboxylic acids is 2. The molecule has 2 saturated heterocycles. The fourth-order valence-electron chi connectivity index (χ4n) is 5.09. The van der Waals surface area contributed by atoms with Gasteiger partial charge in [-0.15, -0.1) is 0 Å². The first-order valence-corrected chi connectivity index (χ1v) is 13.0. The van der Waals surface area contributed by atoms with Crippen molar-refractivity contribution in [3.63, 3.8) is 0 Å². The zero-order valence-corrected chi connectivity index (χ0v) is 22.5. The molecule has 0 radical (unpaired) electrons. The van der Waals surface area contributed by atoms with Crippen LogP contribution in [0.25, 0.3) is 5.76 Å². The van der Waals surface area contributed by atoms with Gasteiger partial charge in [0.05, 0.1) is 31.9 Å². The summed E-state index contributed by atoms with van der Waals surface area (Å²) in [7, 11) is 1.59. The molecule has 2 aliphatic heterocycles. The number of aryl methyl sites for hydroxylation is 1. The van der Waals surface area contributed by atoms with Crippen LogP contribution in [0.2, 0.25) is 0 Å². The molecule has 0 spiro atoms. The second kappa shape index (κ2) is 11.1. The molecule has 4 rings (SSSR count). The highest BCUT2D eigenvalue weighted by atomic mass is 16.5. The topological polar surface area (TPSA) is 79.3 Å². The van der Waals surface area contributed by atoms with Crippen molar-refractivity contribution in [3.8, 4) is 5.75 Å². The van der Waals surface area contributed by atoms with Crippen molar-refractivity contribution in [3.05, 3.63) is 70.3 Å². The Bertz CT molecular complexity index is 1170. The minimum Gasteiger partial charge on any atom is -0.507 e. The number of hydrogen-bond donors (Lipinski definition) is 1. The number of nitrogens with zero attached hydrogens (tertiary/aromatic N) is 2. The molecular weight excluding hydrogens is 468 g/mol. The third-order valence-electron chi connectivity index (χ3n) is 7.28. The lowest BCUT2D eigenvalue weighted by atomic mass is 9.85. The van der Waals surface area contributed by atoms with Gasteiger partial charge in [0, 0.05) is 31.7 Å². The maximum atomic E-state index is 13.4. The van der Waals surface area contributed by atoms with Crippen molar-refractivity contribution < 1.29 is 24.2 Å². The standard InChI is InChI=1S/C30H38N2O5/c1-20-19-22(9-12-24(20)36-5)27(33)25-26(21-7-10-23(11-8-21)30(2,3)4)32(29(35)28(25)34)14-6-13-31-15-17-37-18-16-31/h7-12,19,26,33H,6,13-18H2,1-5H3/t26-/m0/s1. The predicted molar refractivity (Wildman–Crippen MR) is 144 cm³/mol. The molecule has 7 heteroatoms. The van der Waals surface area contributed by atoms with Crippen LogP contribution in [0.4, 0.5) is 0 Å². The van der Waals surface area contributed by atoms with Gasteiger partial charge in [-0.1, -0.05) is 45.0 Å². The lowest BCUT2D eigenvalue weighted by molar-refractivity contribution is -0.140. The van der Waals surface area contributed by atoms with E-state index >= 15 is 0 Å². The van der Waals surface area contributed by atoms with Crippen molar-refractivity contribution in [1.82, 2.24) is 9.80 Å². The van der Waals surface area contributed by atoms with Crippen LogP contribution in [-0.4, -0.2) is 73.1 Å². The average Bonchev–Trinajstić information content (AvgIpc) is 3.13. The van der Waals surface area contributed by atoms with Gasteiger partial charge in [-0.05, 0) is 53.6 Å². The van der Waals surface area contributed by atoms with E-state index in [2.05, 4.69) is 25.7 Å². The summed E-state index contributed by atoms with van der Waals surface area (Å²) in [6.45, 7) is 12.7. The van der Waals surface area contributed by atoms with E-state index in [0.717, 1.165) is 42.7 Å². The molecular formula is C30H38N2O5. The highest BCUT2D eigenvalue weighted by Crippen LogP contribution is 2.40. The summed E-state index contributed by atoms with van der Waals surface area (Å²) < 4.78 is 10.8. The summed E-state index contributed by atoms with van der Waals surface area (Å²) in [5.41, 5.74) is 3.39. The SMILES string of the molecule is COc1ccc(C(O)=C2C(=O)C(=O)N(CCCN3CCOCC3)[C@H]2c2ccc(C(C)(C)C)cc2)cc1C. The third-order valence-corrected chi connectivity index (χ3v) is 7.28. The Morgan fingerprint density at radius 1 is 1.05 bits per heavy atom. The van der Waals surface area contributed by atoms with Crippen LogP contribution in [0.5, 0.6) is 5.75 Å². The Hall–Kier alpha value is -3.16. The molecule has 198 valence electrons. The van der Waals surface area contributed by atoms with Crippen LogP contribution in [0, 0.1) is 6.92 Å². The predicted octanol–water partition coefficient (Wildman–Crippen LogP) is 4.45. The highest BCUT2D eigenvalue weighted by Gasteiger charge is 2.46. The van der Waals surface area contributed by atoms with Crippen molar-refractivity contribution >= 4 is 17.4 Å². The number of rotatable bonds is 7. The number of ether oxygens (including phenoxy) is 2. The minimum atomic E-state index is -0.652. The minimum absolute atomic E-state index is 0.0287. The smallest absolute Gasteiger partial charge is 0.295 e. The molecule has 1 N–H and O–H groups in total. The average molecular weight is 507 g/mol. The van der Waals surface area contributed by atoms with Crippen LogP contribution in [-0.2, 0) is 19.7 Å². The number of ketones is 1. The van der Waals surface area contributed by atoms with E-state index in [1.54, 1.807) is 30.2 Å². The molecule has 2 fully saturated rings. The lowest BCUT2D eigenvalue weighted by Gasteiger charge is -2.29. The monoisotopic (exact) mass is 506 g/mol. The van der Waals surface area contributed by atoms with E-state index in [1.165, 1.54) is 0 Å². The number of carbonyl (C=O) groups is 2. The first-order chi connectivity index (χ1) is 17.6. The van der Waals surface area contributed by atoms with Crippen molar-refractivity contribution in [2.45, 2.75) is 45.6 Å². The van der Waals surface area contributed by atoms with Crippen LogP contribution in [0.15, 0.2) is 48.0 Å². The Kier molecular flexibility index (Phi) is 8.05. The number of morpholine rings is 1. The molecule has 37 heavy (non-hydrogen) atoms. The maximum absolute atomic E-state index is 13.4. The van der Waals surface area contributed by atoms with Crippen LogP contribution in [0.3, 0.4) is 0 Å². The highest BCUT2D eigenvalue weighted by molar-refractivity contribution is 6.46. The fraction of sp³-hybridized carbons (Fsp3) is 0.467. The molecule has 7 nitrogen and oxygen atoms in total. The van der Waals surface area contributed by atoms with E-state index in [-0.39, 0.29) is 16.7 Å². The number of benzene rings is 2.